The molecular weight excluding hydrogens is 791 g/mol. The molecule has 270 valence electrons. The van der Waals surface area contributed by atoms with E-state index in [0.717, 1.165) is 22.4 Å². The molecule has 0 amide bonds. The number of halogens is 2. The van der Waals surface area contributed by atoms with Crippen LogP contribution in [0.1, 0.15) is 36.1 Å². The molecule has 0 atom stereocenters. The predicted molar refractivity (Wildman–Crippen MR) is 238 cm³/mol. The molecule has 8 aromatic carbocycles. The van der Waals surface area contributed by atoms with Crippen molar-refractivity contribution >= 4 is 48.1 Å². The molecule has 0 aliphatic rings. The number of fused-ring (bicyclic) bond motifs is 2. The Morgan fingerprint density at radius 1 is 0.500 bits per heavy atom. The molecule has 4 heteroatoms. The SMILES string of the molecule is CCc1ccccc1-c1c(C)ccc2[cH-]c(-c3ccccc3)cc12.CCc1ccccc1-c1c(C)ccc2[cH-]c(-c3ccccc3)cc12.C[Si]C.[Cl][Zr+2][Cl]. The van der Waals surface area contributed by atoms with E-state index >= 15 is 0 Å². The molecule has 0 heterocycles. The van der Waals surface area contributed by atoms with Gasteiger partial charge < -0.3 is 0 Å². The van der Waals surface area contributed by atoms with E-state index in [1.807, 2.05) is 0 Å². The van der Waals surface area contributed by atoms with E-state index in [4.69, 9.17) is 17.0 Å². The topological polar surface area (TPSA) is 0 Å². The van der Waals surface area contributed by atoms with E-state index in [-0.39, 0.29) is 0 Å². The van der Waals surface area contributed by atoms with Crippen molar-refractivity contribution in [1.29, 1.82) is 0 Å². The van der Waals surface area contributed by atoms with Crippen LogP contribution in [-0.2, 0) is 33.7 Å². The molecule has 8 rings (SSSR count). The number of aryl methyl sites for hydroxylation is 4. The summed E-state index contributed by atoms with van der Waals surface area (Å²) in [5.41, 5.74) is 16.2. The molecule has 8 aromatic rings. The molecule has 0 aromatic heterocycles. The van der Waals surface area contributed by atoms with Gasteiger partial charge in [0.2, 0.25) is 0 Å². The van der Waals surface area contributed by atoms with Crippen molar-refractivity contribution in [2.45, 2.75) is 53.6 Å². The molecule has 0 saturated heterocycles. The van der Waals surface area contributed by atoms with Crippen molar-refractivity contribution < 1.29 is 20.8 Å². The van der Waals surface area contributed by atoms with E-state index in [2.05, 4.69) is 199 Å². The van der Waals surface area contributed by atoms with Gasteiger partial charge in [0, 0.05) is 9.52 Å². The van der Waals surface area contributed by atoms with Crippen LogP contribution in [0, 0.1) is 13.8 Å². The molecule has 0 N–H and O–H groups in total. The summed E-state index contributed by atoms with van der Waals surface area (Å²) >= 11 is -0.826. The zero-order valence-corrected chi connectivity index (χ0v) is 37.2. The van der Waals surface area contributed by atoms with Crippen LogP contribution in [0.3, 0.4) is 0 Å². The van der Waals surface area contributed by atoms with Gasteiger partial charge in [0.05, 0.1) is 0 Å². The zero-order valence-electron chi connectivity index (χ0n) is 32.2. The second-order valence-electron chi connectivity index (χ2n) is 13.3. The summed E-state index contributed by atoms with van der Waals surface area (Å²) in [6.07, 6.45) is 2.11. The Balaban J connectivity index is 0.000000182. The standard InChI is InChI=1S/2C24H21.C2H6Si.2ClH.Zr/c2*1-3-18-9-7-8-12-22(18)24-17(2)13-14-20-15-21(16-23(20)24)19-10-5-4-6-11-19;1-3-2;;;/h2*4-16H,3H2,1-2H3;1-2H3;2*1H;/q2*-1;;;;+4/p-2. The van der Waals surface area contributed by atoms with Crippen LogP contribution in [-0.4, -0.2) is 9.52 Å². The van der Waals surface area contributed by atoms with Gasteiger partial charge in [-0.2, -0.15) is 0 Å². The Kier molecular flexibility index (Phi) is 15.9. The average molecular weight is 839 g/mol. The number of rotatable bonds is 6. The fraction of sp³-hybridized carbons (Fsp3) is 0.160. The minimum atomic E-state index is -0.826. The first-order valence-corrected chi connectivity index (χ1v) is 26.9. The Morgan fingerprint density at radius 2 is 0.833 bits per heavy atom. The van der Waals surface area contributed by atoms with Gasteiger partial charge in [-0.05, 0) is 60.1 Å². The third-order valence-corrected chi connectivity index (χ3v) is 9.75. The summed E-state index contributed by atoms with van der Waals surface area (Å²) in [5, 5.41) is 5.35. The van der Waals surface area contributed by atoms with Gasteiger partial charge in [0.25, 0.3) is 0 Å². The molecule has 0 saturated carbocycles. The molecule has 0 fully saturated rings. The van der Waals surface area contributed by atoms with E-state index in [0.29, 0.717) is 0 Å². The van der Waals surface area contributed by atoms with Crippen molar-refractivity contribution in [3.8, 4) is 44.5 Å². The third-order valence-electron chi connectivity index (χ3n) is 9.75. The van der Waals surface area contributed by atoms with Crippen molar-refractivity contribution in [3.63, 3.8) is 0 Å². The fourth-order valence-electron chi connectivity index (χ4n) is 7.24. The van der Waals surface area contributed by atoms with Crippen LogP contribution in [0.2, 0.25) is 13.1 Å². The van der Waals surface area contributed by atoms with Gasteiger partial charge in [-0.15, -0.1) is 69.1 Å². The number of hydrogen-bond donors (Lipinski definition) is 0. The molecule has 0 spiro atoms. The Bertz CT molecular complexity index is 2200. The first kappa shape index (κ1) is 41.4. The molecule has 0 aliphatic heterocycles. The van der Waals surface area contributed by atoms with Crippen LogP contribution in [0.15, 0.2) is 158 Å². The first-order valence-electron chi connectivity index (χ1n) is 18.6. The van der Waals surface area contributed by atoms with Crippen molar-refractivity contribution in [2.24, 2.45) is 0 Å². The molecular formula is C50H48Cl2SiZr. The second-order valence-corrected chi connectivity index (χ2v) is 18.1. The van der Waals surface area contributed by atoms with Crippen molar-refractivity contribution in [3.05, 3.63) is 180 Å². The van der Waals surface area contributed by atoms with Crippen LogP contribution in [0.25, 0.3) is 66.1 Å². The first-order chi connectivity index (χ1) is 26.4. The van der Waals surface area contributed by atoms with Gasteiger partial charge in [-0.1, -0.05) is 171 Å². The average Bonchev–Trinajstić information content (AvgIpc) is 3.85. The molecule has 0 bridgehead atoms. The second kappa shape index (κ2) is 20.8. The van der Waals surface area contributed by atoms with E-state index < -0.39 is 20.8 Å². The Hall–Kier alpha value is -3.78. The maximum absolute atomic E-state index is 4.93. The Labute approximate surface area is 344 Å². The van der Waals surface area contributed by atoms with Gasteiger partial charge >= 0.3 is 37.9 Å². The van der Waals surface area contributed by atoms with Crippen molar-refractivity contribution in [2.75, 3.05) is 0 Å². The third kappa shape index (κ3) is 9.90. The summed E-state index contributed by atoms with van der Waals surface area (Å²) < 4.78 is 0. The molecule has 0 aliphatic carbocycles. The monoisotopic (exact) mass is 836 g/mol. The van der Waals surface area contributed by atoms with Gasteiger partial charge in [-0.3, -0.25) is 0 Å². The summed E-state index contributed by atoms with van der Waals surface area (Å²) in [6, 6.07) is 57.1. The number of benzene rings is 6. The summed E-state index contributed by atoms with van der Waals surface area (Å²) in [4.78, 5) is 0. The van der Waals surface area contributed by atoms with Gasteiger partial charge in [-0.25, -0.2) is 0 Å². The Morgan fingerprint density at radius 3 is 1.19 bits per heavy atom. The van der Waals surface area contributed by atoms with E-state index in [1.54, 1.807) is 0 Å². The van der Waals surface area contributed by atoms with Gasteiger partial charge in [0.15, 0.2) is 0 Å². The summed E-state index contributed by atoms with van der Waals surface area (Å²) in [7, 11) is 11.0. The fourth-order valence-corrected chi connectivity index (χ4v) is 7.24. The predicted octanol–water partition coefficient (Wildman–Crippen LogP) is 15.7. The minimum absolute atomic E-state index is 0.826. The van der Waals surface area contributed by atoms with Crippen LogP contribution in [0.5, 0.6) is 0 Å². The molecule has 2 radical (unpaired) electrons. The summed E-state index contributed by atoms with van der Waals surface area (Å²) in [6.45, 7) is 13.2. The number of hydrogen-bond acceptors (Lipinski definition) is 0. The summed E-state index contributed by atoms with van der Waals surface area (Å²) in [5.74, 6) is 0. The quantitative estimate of drug-likeness (QED) is 0.116. The van der Waals surface area contributed by atoms with E-state index in [1.165, 1.54) is 88.3 Å². The molecule has 0 unspecified atom stereocenters. The molecule has 54 heavy (non-hydrogen) atoms. The van der Waals surface area contributed by atoms with Crippen molar-refractivity contribution in [1.82, 2.24) is 0 Å². The van der Waals surface area contributed by atoms with E-state index in [9.17, 15) is 0 Å². The van der Waals surface area contributed by atoms with Crippen LogP contribution >= 0.6 is 17.0 Å². The normalized spacial score (nSPS) is 10.4. The molecule has 0 nitrogen and oxygen atoms in total. The van der Waals surface area contributed by atoms with Gasteiger partial charge in [0.1, 0.15) is 0 Å². The van der Waals surface area contributed by atoms with Crippen LogP contribution in [0.4, 0.5) is 0 Å². The maximum atomic E-state index is 4.93. The zero-order chi connectivity index (χ0) is 38.5. The van der Waals surface area contributed by atoms with Crippen LogP contribution < -0.4 is 0 Å².